The highest BCUT2D eigenvalue weighted by Gasteiger charge is 2.32. The SMILES string of the molecule is CC1CCCC1NC(=O)[C@@H]1CNC[C@H]1C. The molecule has 3 nitrogen and oxygen atoms in total. The van der Waals surface area contributed by atoms with Crippen LogP contribution in [0.4, 0.5) is 0 Å². The molecule has 1 amide bonds. The van der Waals surface area contributed by atoms with Crippen LogP contribution in [-0.2, 0) is 4.79 Å². The zero-order chi connectivity index (χ0) is 10.8. The van der Waals surface area contributed by atoms with Crippen molar-refractivity contribution in [2.75, 3.05) is 13.1 Å². The molecule has 0 aromatic carbocycles. The molecule has 1 aliphatic heterocycles. The summed E-state index contributed by atoms with van der Waals surface area (Å²) in [6.07, 6.45) is 3.70. The third kappa shape index (κ3) is 2.33. The molecular formula is C12H22N2O. The van der Waals surface area contributed by atoms with E-state index in [-0.39, 0.29) is 11.8 Å². The minimum Gasteiger partial charge on any atom is -0.353 e. The van der Waals surface area contributed by atoms with Crippen LogP contribution in [-0.4, -0.2) is 25.0 Å². The topological polar surface area (TPSA) is 41.1 Å². The fourth-order valence-electron chi connectivity index (χ4n) is 2.81. The highest BCUT2D eigenvalue weighted by Crippen LogP contribution is 2.26. The fourth-order valence-corrected chi connectivity index (χ4v) is 2.81. The van der Waals surface area contributed by atoms with Crippen LogP contribution in [0.25, 0.3) is 0 Å². The van der Waals surface area contributed by atoms with E-state index in [0.717, 1.165) is 13.1 Å². The van der Waals surface area contributed by atoms with Crippen molar-refractivity contribution >= 4 is 5.91 Å². The minimum atomic E-state index is 0.192. The molecule has 1 heterocycles. The largest absolute Gasteiger partial charge is 0.353 e. The summed E-state index contributed by atoms with van der Waals surface area (Å²) in [5.41, 5.74) is 0. The quantitative estimate of drug-likeness (QED) is 0.718. The predicted molar refractivity (Wildman–Crippen MR) is 60.5 cm³/mol. The van der Waals surface area contributed by atoms with Crippen LogP contribution in [0.3, 0.4) is 0 Å². The molecule has 4 atom stereocenters. The summed E-state index contributed by atoms with van der Waals surface area (Å²) >= 11 is 0. The molecule has 86 valence electrons. The summed E-state index contributed by atoms with van der Waals surface area (Å²) in [5.74, 6) is 1.62. The van der Waals surface area contributed by atoms with Gasteiger partial charge >= 0.3 is 0 Å². The first-order chi connectivity index (χ1) is 7.18. The monoisotopic (exact) mass is 210 g/mol. The molecule has 1 aliphatic carbocycles. The maximum absolute atomic E-state index is 12.0. The Balaban J connectivity index is 1.86. The number of carbonyl (C=O) groups is 1. The third-order valence-electron chi connectivity index (χ3n) is 4.04. The van der Waals surface area contributed by atoms with E-state index in [9.17, 15) is 4.79 Å². The lowest BCUT2D eigenvalue weighted by Gasteiger charge is -2.21. The summed E-state index contributed by atoms with van der Waals surface area (Å²) in [6.45, 7) is 6.24. The van der Waals surface area contributed by atoms with Gasteiger partial charge in [0.25, 0.3) is 0 Å². The normalized spacial score (nSPS) is 40.7. The van der Waals surface area contributed by atoms with Gasteiger partial charge in [0.1, 0.15) is 0 Å². The third-order valence-corrected chi connectivity index (χ3v) is 4.04. The van der Waals surface area contributed by atoms with Gasteiger partial charge in [0, 0.05) is 12.6 Å². The second kappa shape index (κ2) is 4.52. The van der Waals surface area contributed by atoms with Gasteiger partial charge in [-0.05, 0) is 31.2 Å². The molecule has 2 aliphatic rings. The molecule has 2 rings (SSSR count). The zero-order valence-electron chi connectivity index (χ0n) is 9.75. The Morgan fingerprint density at radius 3 is 2.53 bits per heavy atom. The number of hydrogen-bond acceptors (Lipinski definition) is 2. The lowest BCUT2D eigenvalue weighted by Crippen LogP contribution is -2.42. The van der Waals surface area contributed by atoms with Crippen molar-refractivity contribution in [2.24, 2.45) is 17.8 Å². The van der Waals surface area contributed by atoms with Crippen LogP contribution in [0, 0.1) is 17.8 Å². The van der Waals surface area contributed by atoms with Crippen LogP contribution in [0.5, 0.6) is 0 Å². The summed E-state index contributed by atoms with van der Waals surface area (Å²) in [7, 11) is 0. The van der Waals surface area contributed by atoms with Crippen molar-refractivity contribution < 1.29 is 4.79 Å². The Morgan fingerprint density at radius 2 is 2.00 bits per heavy atom. The lowest BCUT2D eigenvalue weighted by molar-refractivity contribution is -0.126. The van der Waals surface area contributed by atoms with Gasteiger partial charge in [0.2, 0.25) is 5.91 Å². The molecule has 0 aromatic heterocycles. The molecule has 0 radical (unpaired) electrons. The van der Waals surface area contributed by atoms with E-state index < -0.39 is 0 Å². The molecule has 1 saturated heterocycles. The van der Waals surface area contributed by atoms with Crippen LogP contribution >= 0.6 is 0 Å². The van der Waals surface area contributed by atoms with Crippen LogP contribution < -0.4 is 10.6 Å². The van der Waals surface area contributed by atoms with Crippen LogP contribution in [0.2, 0.25) is 0 Å². The highest BCUT2D eigenvalue weighted by molar-refractivity contribution is 5.79. The first-order valence-electron chi connectivity index (χ1n) is 6.19. The minimum absolute atomic E-state index is 0.192. The van der Waals surface area contributed by atoms with Crippen molar-refractivity contribution in [3.8, 4) is 0 Å². The number of nitrogens with one attached hydrogen (secondary N) is 2. The van der Waals surface area contributed by atoms with E-state index in [2.05, 4.69) is 24.5 Å². The summed E-state index contributed by atoms with van der Waals surface area (Å²) in [4.78, 5) is 12.0. The fraction of sp³-hybridized carbons (Fsp3) is 0.917. The van der Waals surface area contributed by atoms with Gasteiger partial charge in [-0.2, -0.15) is 0 Å². The number of amides is 1. The van der Waals surface area contributed by atoms with Crippen LogP contribution in [0.15, 0.2) is 0 Å². The zero-order valence-corrected chi connectivity index (χ0v) is 9.75. The summed E-state index contributed by atoms with van der Waals surface area (Å²) in [5, 5.41) is 6.50. The van der Waals surface area contributed by atoms with Gasteiger partial charge in [-0.15, -0.1) is 0 Å². The smallest absolute Gasteiger partial charge is 0.224 e. The van der Waals surface area contributed by atoms with Crippen molar-refractivity contribution in [3.05, 3.63) is 0 Å². The molecular weight excluding hydrogens is 188 g/mol. The molecule has 2 fully saturated rings. The maximum atomic E-state index is 12.0. The standard InChI is InChI=1S/C12H22N2O/c1-8-4-3-5-11(8)14-12(15)10-7-13-6-9(10)2/h8-11,13H,3-7H2,1-2H3,(H,14,15)/t8?,9-,10-,11?/m1/s1. The molecule has 0 bridgehead atoms. The van der Waals surface area contributed by atoms with Crippen molar-refractivity contribution in [3.63, 3.8) is 0 Å². The first kappa shape index (κ1) is 10.9. The van der Waals surface area contributed by atoms with Gasteiger partial charge < -0.3 is 10.6 Å². The average molecular weight is 210 g/mol. The van der Waals surface area contributed by atoms with Crippen molar-refractivity contribution in [2.45, 2.75) is 39.2 Å². The van der Waals surface area contributed by atoms with Crippen molar-refractivity contribution in [1.29, 1.82) is 0 Å². The second-order valence-corrected chi connectivity index (χ2v) is 5.27. The Bertz CT molecular complexity index is 242. The van der Waals surface area contributed by atoms with Crippen molar-refractivity contribution in [1.82, 2.24) is 10.6 Å². The Morgan fingerprint density at radius 1 is 1.20 bits per heavy atom. The van der Waals surface area contributed by atoms with Gasteiger partial charge in [-0.3, -0.25) is 4.79 Å². The molecule has 0 aromatic rings. The van der Waals surface area contributed by atoms with Crippen LogP contribution in [0.1, 0.15) is 33.1 Å². The molecule has 1 saturated carbocycles. The summed E-state index contributed by atoms with van der Waals surface area (Å²) < 4.78 is 0. The van der Waals surface area contributed by atoms with E-state index in [4.69, 9.17) is 0 Å². The Labute approximate surface area is 92.0 Å². The van der Waals surface area contributed by atoms with Gasteiger partial charge in [-0.1, -0.05) is 20.3 Å². The number of rotatable bonds is 2. The van der Waals surface area contributed by atoms with Gasteiger partial charge in [0.15, 0.2) is 0 Å². The van der Waals surface area contributed by atoms with E-state index in [1.807, 2.05) is 0 Å². The molecule has 3 heteroatoms. The number of carbonyl (C=O) groups excluding carboxylic acids is 1. The average Bonchev–Trinajstić information content (AvgIpc) is 2.76. The molecule has 2 N–H and O–H groups in total. The molecule has 2 unspecified atom stereocenters. The van der Waals surface area contributed by atoms with Gasteiger partial charge in [-0.25, -0.2) is 0 Å². The Hall–Kier alpha value is -0.570. The number of hydrogen-bond donors (Lipinski definition) is 2. The maximum Gasteiger partial charge on any atom is 0.224 e. The van der Waals surface area contributed by atoms with E-state index in [1.165, 1.54) is 19.3 Å². The Kier molecular flexibility index (Phi) is 3.29. The second-order valence-electron chi connectivity index (χ2n) is 5.27. The highest BCUT2D eigenvalue weighted by atomic mass is 16.2. The summed E-state index contributed by atoms with van der Waals surface area (Å²) in [6, 6.07) is 0.435. The van der Waals surface area contributed by atoms with Gasteiger partial charge in [0.05, 0.1) is 5.92 Å². The molecule has 0 spiro atoms. The van der Waals surface area contributed by atoms with E-state index in [0.29, 0.717) is 17.9 Å². The van der Waals surface area contributed by atoms with E-state index in [1.54, 1.807) is 0 Å². The molecule has 15 heavy (non-hydrogen) atoms. The predicted octanol–water partition coefficient (Wildman–Crippen LogP) is 1.15. The lowest BCUT2D eigenvalue weighted by atomic mass is 9.96. The first-order valence-corrected chi connectivity index (χ1v) is 6.19. The van der Waals surface area contributed by atoms with E-state index >= 15 is 0 Å².